The molecule has 1 saturated heterocycles. The normalized spacial score (nSPS) is 14.7. The maximum Gasteiger partial charge on any atom is 0.295 e. The molecular weight excluding hydrogens is 480 g/mol. The Labute approximate surface area is 213 Å². The highest BCUT2D eigenvalue weighted by molar-refractivity contribution is 8.26. The molecule has 0 atom stereocenters. The first-order chi connectivity index (χ1) is 16.8. The Morgan fingerprint density at radius 3 is 2.43 bits per heavy atom. The minimum atomic E-state index is -0.289. The van der Waals surface area contributed by atoms with Crippen LogP contribution < -0.4 is 10.9 Å². The molecule has 1 N–H and O–H groups in total. The maximum atomic E-state index is 13.0. The highest BCUT2D eigenvalue weighted by Crippen LogP contribution is 2.32. The van der Waals surface area contributed by atoms with Crippen LogP contribution in [0.3, 0.4) is 0 Å². The Morgan fingerprint density at radius 2 is 1.74 bits per heavy atom. The molecule has 2 amide bonds. The molecule has 1 aromatic heterocycles. The number of para-hydroxylation sites is 1. The largest absolute Gasteiger partial charge is 0.320 e. The lowest BCUT2D eigenvalue weighted by molar-refractivity contribution is -0.122. The number of carbonyl (C=O) groups is 2. The van der Waals surface area contributed by atoms with Crippen molar-refractivity contribution in [3.8, 4) is 5.69 Å². The van der Waals surface area contributed by atoms with Crippen molar-refractivity contribution < 1.29 is 9.59 Å². The standard InChI is InChI=1S/C26H26N4O3S2/c1-17-11-13-19(14-12-17)16-21-24(32)29(26(34)35-21)15-7-10-22(31)27-23-18(2)28(3)30(25(23)33)20-8-5-4-6-9-20/h4-6,8-9,11-14,16H,7,10,15H2,1-3H3,(H,27,31)/b21-16-. The van der Waals surface area contributed by atoms with Crippen molar-refractivity contribution in [1.82, 2.24) is 14.3 Å². The zero-order valence-electron chi connectivity index (χ0n) is 19.8. The Morgan fingerprint density at radius 1 is 1.06 bits per heavy atom. The second kappa shape index (κ2) is 10.5. The summed E-state index contributed by atoms with van der Waals surface area (Å²) in [6.45, 7) is 4.14. The molecular formula is C26H26N4O3S2. The molecule has 0 aliphatic carbocycles. The summed E-state index contributed by atoms with van der Waals surface area (Å²) in [4.78, 5) is 40.5. The molecule has 1 aliphatic rings. The smallest absolute Gasteiger partial charge is 0.295 e. The molecule has 2 aromatic carbocycles. The summed E-state index contributed by atoms with van der Waals surface area (Å²) in [6, 6.07) is 17.2. The fourth-order valence-corrected chi connectivity index (χ4v) is 5.13. The van der Waals surface area contributed by atoms with Gasteiger partial charge in [-0.1, -0.05) is 72.0 Å². The van der Waals surface area contributed by atoms with E-state index in [9.17, 15) is 14.4 Å². The molecule has 9 heteroatoms. The molecule has 0 radical (unpaired) electrons. The van der Waals surface area contributed by atoms with Gasteiger partial charge in [-0.2, -0.15) is 0 Å². The van der Waals surface area contributed by atoms with Crippen molar-refractivity contribution in [2.24, 2.45) is 7.05 Å². The molecule has 0 unspecified atom stereocenters. The summed E-state index contributed by atoms with van der Waals surface area (Å²) in [5.41, 5.74) is 3.44. The molecule has 1 fully saturated rings. The van der Waals surface area contributed by atoms with Gasteiger partial charge in [-0.05, 0) is 44.0 Å². The number of rotatable bonds is 7. The lowest BCUT2D eigenvalue weighted by atomic mass is 10.1. The number of thioether (sulfide) groups is 1. The van der Waals surface area contributed by atoms with E-state index in [-0.39, 0.29) is 29.5 Å². The van der Waals surface area contributed by atoms with E-state index in [1.165, 1.54) is 21.3 Å². The molecule has 7 nitrogen and oxygen atoms in total. The minimum Gasteiger partial charge on any atom is -0.320 e. The van der Waals surface area contributed by atoms with Gasteiger partial charge in [0.05, 0.1) is 16.3 Å². The SMILES string of the molecule is Cc1ccc(/C=C2\SC(=S)N(CCCC(=O)Nc3c(C)n(C)n(-c4ccccc4)c3=O)C2=O)cc1. The fraction of sp³-hybridized carbons (Fsp3) is 0.231. The van der Waals surface area contributed by atoms with Crippen LogP contribution in [0.1, 0.15) is 29.7 Å². The van der Waals surface area contributed by atoms with Crippen molar-refractivity contribution in [1.29, 1.82) is 0 Å². The van der Waals surface area contributed by atoms with Gasteiger partial charge in [0.25, 0.3) is 11.5 Å². The minimum absolute atomic E-state index is 0.148. The van der Waals surface area contributed by atoms with E-state index in [4.69, 9.17) is 12.2 Å². The van der Waals surface area contributed by atoms with E-state index in [1.807, 2.05) is 67.6 Å². The van der Waals surface area contributed by atoms with Crippen LogP contribution in [0.2, 0.25) is 0 Å². The predicted octanol–water partition coefficient (Wildman–Crippen LogP) is 4.41. The van der Waals surface area contributed by atoms with E-state index in [0.717, 1.165) is 16.8 Å². The Hall–Kier alpha value is -3.43. The predicted molar refractivity (Wildman–Crippen MR) is 145 cm³/mol. The van der Waals surface area contributed by atoms with Crippen molar-refractivity contribution in [2.45, 2.75) is 26.7 Å². The van der Waals surface area contributed by atoms with Crippen LogP contribution in [0, 0.1) is 13.8 Å². The molecule has 2 heterocycles. The summed E-state index contributed by atoms with van der Waals surface area (Å²) in [7, 11) is 1.78. The van der Waals surface area contributed by atoms with Gasteiger partial charge in [-0.3, -0.25) is 24.0 Å². The quantitative estimate of drug-likeness (QED) is 0.379. The van der Waals surface area contributed by atoms with E-state index in [0.29, 0.717) is 27.9 Å². The van der Waals surface area contributed by atoms with Crippen molar-refractivity contribution in [3.63, 3.8) is 0 Å². The number of aryl methyl sites for hydroxylation is 1. The summed E-state index contributed by atoms with van der Waals surface area (Å²) >= 11 is 6.66. The number of thiocarbonyl (C=S) groups is 1. The van der Waals surface area contributed by atoms with Gasteiger partial charge in [0.2, 0.25) is 5.91 Å². The molecule has 0 spiro atoms. The molecule has 35 heavy (non-hydrogen) atoms. The number of hydrogen-bond acceptors (Lipinski definition) is 5. The van der Waals surface area contributed by atoms with Gasteiger partial charge in [-0.15, -0.1) is 0 Å². The highest BCUT2D eigenvalue weighted by atomic mass is 32.2. The van der Waals surface area contributed by atoms with E-state index in [1.54, 1.807) is 18.7 Å². The molecule has 0 bridgehead atoms. The van der Waals surface area contributed by atoms with Gasteiger partial charge in [0.15, 0.2) is 0 Å². The Kier molecular flexibility index (Phi) is 7.37. The lowest BCUT2D eigenvalue weighted by Crippen LogP contribution is -2.30. The molecule has 3 aromatic rings. The molecule has 180 valence electrons. The average Bonchev–Trinajstić information content (AvgIpc) is 3.22. The lowest BCUT2D eigenvalue weighted by Gasteiger charge is -2.14. The molecule has 1 aliphatic heterocycles. The van der Waals surface area contributed by atoms with Crippen molar-refractivity contribution in [3.05, 3.63) is 86.7 Å². The second-order valence-corrected chi connectivity index (χ2v) is 10.0. The third kappa shape index (κ3) is 5.31. The maximum absolute atomic E-state index is 13.0. The Balaban J connectivity index is 1.37. The fourth-order valence-electron chi connectivity index (χ4n) is 3.82. The summed E-state index contributed by atoms with van der Waals surface area (Å²) in [6.07, 6.45) is 2.42. The number of aromatic nitrogens is 2. The van der Waals surface area contributed by atoms with Gasteiger partial charge >= 0.3 is 0 Å². The van der Waals surface area contributed by atoms with Crippen LogP contribution in [0.4, 0.5) is 5.69 Å². The number of anilines is 1. The first-order valence-corrected chi connectivity index (χ1v) is 12.4. The monoisotopic (exact) mass is 506 g/mol. The summed E-state index contributed by atoms with van der Waals surface area (Å²) < 4.78 is 3.72. The van der Waals surface area contributed by atoms with E-state index in [2.05, 4.69) is 5.32 Å². The van der Waals surface area contributed by atoms with Crippen LogP contribution >= 0.6 is 24.0 Å². The summed E-state index contributed by atoms with van der Waals surface area (Å²) in [5.74, 6) is -0.428. The van der Waals surface area contributed by atoms with E-state index < -0.39 is 0 Å². The second-order valence-electron chi connectivity index (χ2n) is 8.33. The van der Waals surface area contributed by atoms with Gasteiger partial charge in [-0.25, -0.2) is 4.68 Å². The third-order valence-corrected chi connectivity index (χ3v) is 7.23. The Bertz CT molecular complexity index is 1370. The first kappa shape index (κ1) is 24.7. The number of benzene rings is 2. The van der Waals surface area contributed by atoms with Gasteiger partial charge < -0.3 is 5.32 Å². The first-order valence-electron chi connectivity index (χ1n) is 11.2. The highest BCUT2D eigenvalue weighted by Gasteiger charge is 2.31. The van der Waals surface area contributed by atoms with Crippen LogP contribution in [-0.4, -0.2) is 36.9 Å². The number of nitrogens with zero attached hydrogens (tertiary/aromatic N) is 3. The van der Waals surface area contributed by atoms with Crippen LogP contribution in [-0.2, 0) is 16.6 Å². The van der Waals surface area contributed by atoms with Gasteiger partial charge in [0, 0.05) is 20.0 Å². The van der Waals surface area contributed by atoms with Crippen LogP contribution in [0.15, 0.2) is 64.3 Å². The molecule has 0 saturated carbocycles. The van der Waals surface area contributed by atoms with Crippen molar-refractivity contribution in [2.75, 3.05) is 11.9 Å². The number of hydrogen-bond donors (Lipinski definition) is 1. The zero-order chi connectivity index (χ0) is 25.1. The number of carbonyl (C=O) groups excluding carboxylic acids is 2. The van der Waals surface area contributed by atoms with Crippen molar-refractivity contribution >= 4 is 51.9 Å². The topological polar surface area (TPSA) is 76.3 Å². The summed E-state index contributed by atoms with van der Waals surface area (Å²) in [5, 5.41) is 2.76. The number of amides is 2. The van der Waals surface area contributed by atoms with Crippen LogP contribution in [0.25, 0.3) is 11.8 Å². The van der Waals surface area contributed by atoms with E-state index >= 15 is 0 Å². The van der Waals surface area contributed by atoms with Crippen LogP contribution in [0.5, 0.6) is 0 Å². The molecule has 4 rings (SSSR count). The third-order valence-electron chi connectivity index (χ3n) is 5.85. The number of nitrogens with one attached hydrogen (secondary N) is 1. The van der Waals surface area contributed by atoms with Gasteiger partial charge in [0.1, 0.15) is 10.0 Å². The zero-order valence-corrected chi connectivity index (χ0v) is 21.4. The average molecular weight is 507 g/mol.